The monoisotopic (exact) mass is 314 g/mol. The van der Waals surface area contributed by atoms with Crippen molar-refractivity contribution in [3.8, 4) is 11.5 Å². The molecule has 122 valence electrons. The molecule has 0 amide bonds. The zero-order valence-electron chi connectivity index (χ0n) is 13.7. The van der Waals surface area contributed by atoms with Crippen molar-refractivity contribution < 1.29 is 9.47 Å². The second kappa shape index (κ2) is 6.73. The van der Waals surface area contributed by atoms with Crippen LogP contribution in [0.3, 0.4) is 0 Å². The predicted octanol–water partition coefficient (Wildman–Crippen LogP) is 3.37. The van der Waals surface area contributed by atoms with Crippen LogP contribution in [-0.4, -0.2) is 29.7 Å². The van der Waals surface area contributed by atoms with Crippen molar-refractivity contribution in [3.05, 3.63) is 30.1 Å². The highest BCUT2D eigenvalue weighted by Gasteiger charge is 2.12. The summed E-state index contributed by atoms with van der Waals surface area (Å²) in [5.41, 5.74) is 0.905. The van der Waals surface area contributed by atoms with E-state index in [1.165, 1.54) is 0 Å². The van der Waals surface area contributed by atoms with Gasteiger partial charge in [-0.1, -0.05) is 13.8 Å². The molecule has 2 aromatic rings. The van der Waals surface area contributed by atoms with Crippen LogP contribution in [0.1, 0.15) is 19.7 Å². The largest absolute Gasteiger partial charge is 0.486 e. The Balaban J connectivity index is 1.76. The lowest BCUT2D eigenvalue weighted by atomic mass is 10.2. The summed E-state index contributed by atoms with van der Waals surface area (Å²) >= 11 is 0. The van der Waals surface area contributed by atoms with Gasteiger partial charge in [0, 0.05) is 24.4 Å². The van der Waals surface area contributed by atoms with Crippen molar-refractivity contribution in [1.82, 2.24) is 9.97 Å². The molecule has 0 spiro atoms. The fourth-order valence-electron chi connectivity index (χ4n) is 2.30. The number of hydrogen-bond acceptors (Lipinski definition) is 6. The number of rotatable bonds is 5. The van der Waals surface area contributed by atoms with Crippen molar-refractivity contribution >= 4 is 17.3 Å². The standard InChI is InChI=1S/C17H22N4O2/c1-11(2)10-18-16-9-17(20-12(3)19-16)21-13-4-5-14-15(8-13)23-7-6-22-14/h4-5,8-9,11H,6-7,10H2,1-3H3,(H2,18,19,20,21). The SMILES string of the molecule is Cc1nc(NCC(C)C)cc(Nc2ccc3c(c2)OCCO3)n1. The first kappa shape index (κ1) is 15.4. The number of ether oxygens (including phenoxy) is 2. The fourth-order valence-corrected chi connectivity index (χ4v) is 2.30. The van der Waals surface area contributed by atoms with E-state index in [-0.39, 0.29) is 0 Å². The summed E-state index contributed by atoms with van der Waals surface area (Å²) in [6, 6.07) is 7.69. The molecule has 0 bridgehead atoms. The number of nitrogens with zero attached hydrogens (tertiary/aromatic N) is 2. The molecule has 23 heavy (non-hydrogen) atoms. The van der Waals surface area contributed by atoms with Gasteiger partial charge < -0.3 is 20.1 Å². The molecule has 3 rings (SSSR count). The molecule has 1 aliphatic rings. The zero-order chi connectivity index (χ0) is 16.2. The van der Waals surface area contributed by atoms with Crippen LogP contribution in [0, 0.1) is 12.8 Å². The first-order valence-corrected chi connectivity index (χ1v) is 7.86. The molecule has 0 fully saturated rings. The summed E-state index contributed by atoms with van der Waals surface area (Å²) in [5.74, 6) is 4.38. The maximum absolute atomic E-state index is 5.60. The number of fused-ring (bicyclic) bond motifs is 1. The number of nitrogens with one attached hydrogen (secondary N) is 2. The Bertz CT molecular complexity index is 688. The number of anilines is 3. The van der Waals surface area contributed by atoms with Crippen molar-refractivity contribution in [2.24, 2.45) is 5.92 Å². The summed E-state index contributed by atoms with van der Waals surface area (Å²) in [6.07, 6.45) is 0. The van der Waals surface area contributed by atoms with E-state index >= 15 is 0 Å². The molecular weight excluding hydrogens is 292 g/mol. The molecule has 2 heterocycles. The minimum absolute atomic E-state index is 0.555. The highest BCUT2D eigenvalue weighted by Crippen LogP contribution is 2.33. The molecule has 0 unspecified atom stereocenters. The third kappa shape index (κ3) is 4.03. The molecule has 0 radical (unpaired) electrons. The van der Waals surface area contributed by atoms with E-state index in [1.807, 2.05) is 31.2 Å². The van der Waals surface area contributed by atoms with Gasteiger partial charge in [-0.2, -0.15) is 0 Å². The molecule has 0 aliphatic carbocycles. The van der Waals surface area contributed by atoms with E-state index in [4.69, 9.17) is 9.47 Å². The van der Waals surface area contributed by atoms with Crippen LogP contribution in [0.2, 0.25) is 0 Å². The average Bonchev–Trinajstić information content (AvgIpc) is 2.52. The van der Waals surface area contributed by atoms with Crippen molar-refractivity contribution in [1.29, 1.82) is 0 Å². The minimum atomic E-state index is 0.555. The maximum Gasteiger partial charge on any atom is 0.163 e. The molecular formula is C17H22N4O2. The van der Waals surface area contributed by atoms with Gasteiger partial charge >= 0.3 is 0 Å². The van der Waals surface area contributed by atoms with Gasteiger partial charge in [0.1, 0.15) is 30.7 Å². The minimum Gasteiger partial charge on any atom is -0.486 e. The number of aromatic nitrogens is 2. The highest BCUT2D eigenvalue weighted by molar-refractivity contribution is 5.63. The summed E-state index contributed by atoms with van der Waals surface area (Å²) in [5, 5.41) is 6.62. The van der Waals surface area contributed by atoms with Crippen LogP contribution in [-0.2, 0) is 0 Å². The molecule has 1 aromatic heterocycles. The van der Waals surface area contributed by atoms with E-state index in [0.717, 1.165) is 41.2 Å². The topological polar surface area (TPSA) is 68.3 Å². The van der Waals surface area contributed by atoms with E-state index < -0.39 is 0 Å². The lowest BCUT2D eigenvalue weighted by Crippen LogP contribution is -2.15. The van der Waals surface area contributed by atoms with Gasteiger partial charge in [0.05, 0.1) is 0 Å². The van der Waals surface area contributed by atoms with E-state index in [0.29, 0.717) is 19.1 Å². The molecule has 2 N–H and O–H groups in total. The van der Waals surface area contributed by atoms with Crippen LogP contribution in [0.5, 0.6) is 11.5 Å². The van der Waals surface area contributed by atoms with Crippen molar-refractivity contribution in [2.45, 2.75) is 20.8 Å². The van der Waals surface area contributed by atoms with Gasteiger partial charge in [-0.25, -0.2) is 9.97 Å². The summed E-state index contributed by atoms with van der Waals surface area (Å²) in [7, 11) is 0. The second-order valence-electron chi connectivity index (χ2n) is 5.94. The third-order valence-electron chi connectivity index (χ3n) is 3.34. The first-order chi connectivity index (χ1) is 11.1. The molecule has 6 heteroatoms. The van der Waals surface area contributed by atoms with Gasteiger partial charge in [0.2, 0.25) is 0 Å². The molecule has 0 atom stereocenters. The lowest BCUT2D eigenvalue weighted by molar-refractivity contribution is 0.171. The van der Waals surface area contributed by atoms with E-state index in [9.17, 15) is 0 Å². The van der Waals surface area contributed by atoms with Crippen LogP contribution < -0.4 is 20.1 Å². The van der Waals surface area contributed by atoms with Crippen LogP contribution in [0.25, 0.3) is 0 Å². The van der Waals surface area contributed by atoms with Gasteiger partial charge in [-0.3, -0.25) is 0 Å². The van der Waals surface area contributed by atoms with E-state index in [2.05, 4.69) is 34.4 Å². The molecule has 0 saturated carbocycles. The Morgan fingerprint density at radius 2 is 1.78 bits per heavy atom. The summed E-state index contributed by atoms with van der Waals surface area (Å²) in [6.45, 7) is 8.25. The maximum atomic E-state index is 5.60. The average molecular weight is 314 g/mol. The van der Waals surface area contributed by atoms with Gasteiger partial charge in [0.15, 0.2) is 11.5 Å². The summed E-state index contributed by atoms with van der Waals surface area (Å²) < 4.78 is 11.1. The van der Waals surface area contributed by atoms with Gasteiger partial charge in [-0.05, 0) is 25.0 Å². The van der Waals surface area contributed by atoms with Gasteiger partial charge in [-0.15, -0.1) is 0 Å². The predicted molar refractivity (Wildman–Crippen MR) is 90.8 cm³/mol. The Labute approximate surface area is 136 Å². The first-order valence-electron chi connectivity index (χ1n) is 7.86. The molecule has 1 aliphatic heterocycles. The third-order valence-corrected chi connectivity index (χ3v) is 3.34. The van der Waals surface area contributed by atoms with Crippen LogP contribution >= 0.6 is 0 Å². The fraction of sp³-hybridized carbons (Fsp3) is 0.412. The number of aryl methyl sites for hydroxylation is 1. The van der Waals surface area contributed by atoms with Crippen molar-refractivity contribution in [2.75, 3.05) is 30.4 Å². The molecule has 0 saturated heterocycles. The van der Waals surface area contributed by atoms with Crippen LogP contribution in [0.4, 0.5) is 17.3 Å². The molecule has 6 nitrogen and oxygen atoms in total. The number of benzene rings is 1. The lowest BCUT2D eigenvalue weighted by Gasteiger charge is -2.19. The number of hydrogen-bond donors (Lipinski definition) is 2. The quantitative estimate of drug-likeness (QED) is 0.882. The Morgan fingerprint density at radius 1 is 1.04 bits per heavy atom. The van der Waals surface area contributed by atoms with Crippen molar-refractivity contribution in [3.63, 3.8) is 0 Å². The van der Waals surface area contributed by atoms with E-state index in [1.54, 1.807) is 0 Å². The smallest absolute Gasteiger partial charge is 0.163 e. The molecule has 1 aromatic carbocycles. The van der Waals surface area contributed by atoms with Crippen LogP contribution in [0.15, 0.2) is 24.3 Å². The highest BCUT2D eigenvalue weighted by atomic mass is 16.6. The summed E-state index contributed by atoms with van der Waals surface area (Å²) in [4.78, 5) is 8.84. The Hall–Kier alpha value is -2.50. The Kier molecular flexibility index (Phi) is 4.50. The Morgan fingerprint density at radius 3 is 2.57 bits per heavy atom. The second-order valence-corrected chi connectivity index (χ2v) is 5.94. The van der Waals surface area contributed by atoms with Gasteiger partial charge in [0.25, 0.3) is 0 Å². The zero-order valence-corrected chi connectivity index (χ0v) is 13.7. The normalized spacial score (nSPS) is 13.0.